The van der Waals surface area contributed by atoms with Gasteiger partial charge in [0.05, 0.1) is 5.69 Å². The van der Waals surface area contributed by atoms with E-state index in [9.17, 15) is 4.79 Å². The first-order valence-electron chi connectivity index (χ1n) is 3.53. The number of hydrogen-bond donors (Lipinski definition) is 0. The molecule has 12 heavy (non-hydrogen) atoms. The van der Waals surface area contributed by atoms with Crippen LogP contribution in [-0.4, -0.2) is 15.8 Å². The van der Waals surface area contributed by atoms with Crippen molar-refractivity contribution in [3.63, 3.8) is 0 Å². The Morgan fingerprint density at radius 3 is 2.58 bits per heavy atom. The van der Waals surface area contributed by atoms with Crippen LogP contribution in [0.4, 0.5) is 0 Å². The molecule has 0 spiro atoms. The van der Waals surface area contributed by atoms with Gasteiger partial charge in [-0.3, -0.25) is 9.36 Å². The van der Waals surface area contributed by atoms with E-state index in [0.717, 1.165) is 6.29 Å². The van der Waals surface area contributed by atoms with Gasteiger partial charge in [0, 0.05) is 6.20 Å². The molecule has 0 amide bonds. The van der Waals surface area contributed by atoms with E-state index in [2.05, 4.69) is 18.1 Å². The summed E-state index contributed by atoms with van der Waals surface area (Å²) in [6.45, 7) is 8.93. The first-order chi connectivity index (χ1) is 5.74. The predicted octanol–water partition coefficient (Wildman–Crippen LogP) is 1.75. The molecule has 0 N–H and O–H groups in total. The zero-order valence-corrected chi connectivity index (χ0v) is 6.95. The fourth-order valence-corrected chi connectivity index (χ4v) is 1.06. The molecular weight excluding hydrogens is 152 g/mol. The molecule has 3 nitrogen and oxygen atoms in total. The number of hydrogen-bond acceptors (Lipinski definition) is 2. The van der Waals surface area contributed by atoms with Crippen LogP contribution in [-0.2, 0) is 0 Å². The summed E-state index contributed by atoms with van der Waals surface area (Å²) in [5, 5.41) is 0. The molecule has 3 heteroatoms. The van der Waals surface area contributed by atoms with Crippen LogP contribution in [0.3, 0.4) is 0 Å². The van der Waals surface area contributed by atoms with Crippen LogP contribution in [0.25, 0.3) is 12.3 Å². The molecule has 1 aromatic rings. The molecule has 1 heterocycles. The Kier molecular flexibility index (Phi) is 2.24. The lowest BCUT2D eigenvalue weighted by atomic mass is 10.4. The fraction of sp³-hybridized carbons (Fsp3) is 0.111. The summed E-state index contributed by atoms with van der Waals surface area (Å²) >= 11 is 0. The number of carbonyl (C=O) groups excluding carboxylic acids is 1. The average molecular weight is 162 g/mol. The van der Waals surface area contributed by atoms with E-state index in [1.54, 1.807) is 23.8 Å². The third kappa shape index (κ3) is 1.09. The second kappa shape index (κ2) is 3.17. The topological polar surface area (TPSA) is 34.9 Å². The maximum absolute atomic E-state index is 10.6. The van der Waals surface area contributed by atoms with Crippen molar-refractivity contribution in [2.45, 2.75) is 6.92 Å². The van der Waals surface area contributed by atoms with Crippen molar-refractivity contribution in [2.75, 3.05) is 0 Å². The minimum atomic E-state index is 0.528. The first kappa shape index (κ1) is 8.46. The summed E-state index contributed by atoms with van der Waals surface area (Å²) < 4.78 is 1.61. The largest absolute Gasteiger partial charge is 0.298 e. The van der Waals surface area contributed by atoms with Crippen LogP contribution >= 0.6 is 0 Å². The predicted molar refractivity (Wildman–Crippen MR) is 48.8 cm³/mol. The average Bonchev–Trinajstić information content (AvgIpc) is 2.40. The molecule has 0 aliphatic carbocycles. The number of aldehydes is 1. The number of imidazole rings is 1. The first-order valence-corrected chi connectivity index (χ1v) is 3.53. The van der Waals surface area contributed by atoms with Gasteiger partial charge in [0.25, 0.3) is 0 Å². The smallest absolute Gasteiger partial charge is 0.168 e. The molecule has 0 aromatic carbocycles. The maximum Gasteiger partial charge on any atom is 0.168 e. The monoisotopic (exact) mass is 162 g/mol. The Morgan fingerprint density at radius 1 is 1.50 bits per heavy atom. The Bertz CT molecular complexity index is 337. The van der Waals surface area contributed by atoms with Crippen molar-refractivity contribution in [2.24, 2.45) is 0 Å². The van der Waals surface area contributed by atoms with Crippen molar-refractivity contribution in [1.82, 2.24) is 9.55 Å². The second-order valence-corrected chi connectivity index (χ2v) is 2.32. The van der Waals surface area contributed by atoms with Crippen LogP contribution < -0.4 is 0 Å². The highest BCUT2D eigenvalue weighted by atomic mass is 16.1. The quantitative estimate of drug-likeness (QED) is 0.634. The van der Waals surface area contributed by atoms with Gasteiger partial charge in [-0.25, -0.2) is 4.98 Å². The molecule has 0 saturated heterocycles. The van der Waals surface area contributed by atoms with Crippen molar-refractivity contribution in [3.8, 4) is 0 Å². The number of aromatic nitrogens is 2. The molecule has 0 fully saturated rings. The molecule has 62 valence electrons. The van der Waals surface area contributed by atoms with Crippen LogP contribution in [0.1, 0.15) is 22.0 Å². The summed E-state index contributed by atoms with van der Waals surface area (Å²) in [6, 6.07) is 0. The Hall–Kier alpha value is -1.64. The van der Waals surface area contributed by atoms with E-state index in [0.29, 0.717) is 17.2 Å². The van der Waals surface area contributed by atoms with Crippen molar-refractivity contribution < 1.29 is 4.79 Å². The zero-order valence-electron chi connectivity index (χ0n) is 6.95. The Balaban J connectivity index is 3.44. The lowest BCUT2D eigenvalue weighted by Crippen LogP contribution is -1.95. The molecule has 0 bridgehead atoms. The van der Waals surface area contributed by atoms with E-state index < -0.39 is 0 Å². The summed E-state index contributed by atoms with van der Waals surface area (Å²) in [5.74, 6) is 0.643. The molecule has 0 aliphatic rings. The summed E-state index contributed by atoms with van der Waals surface area (Å²) in [4.78, 5) is 14.7. The van der Waals surface area contributed by atoms with Crippen LogP contribution in [0.5, 0.6) is 0 Å². The highest BCUT2D eigenvalue weighted by Crippen LogP contribution is 2.10. The van der Waals surface area contributed by atoms with Crippen LogP contribution in [0, 0.1) is 6.92 Å². The minimum Gasteiger partial charge on any atom is -0.298 e. The van der Waals surface area contributed by atoms with Gasteiger partial charge in [-0.2, -0.15) is 0 Å². The normalized spacial score (nSPS) is 9.42. The molecule has 0 aliphatic heterocycles. The molecular formula is C9H10N2O. The number of nitrogens with zero attached hydrogens (tertiary/aromatic N) is 2. The molecule has 1 rings (SSSR count). The van der Waals surface area contributed by atoms with Gasteiger partial charge in [-0.15, -0.1) is 0 Å². The van der Waals surface area contributed by atoms with E-state index >= 15 is 0 Å². The number of rotatable bonds is 3. The maximum atomic E-state index is 10.6. The van der Waals surface area contributed by atoms with Crippen LogP contribution in [0.2, 0.25) is 0 Å². The summed E-state index contributed by atoms with van der Waals surface area (Å²) in [7, 11) is 0. The van der Waals surface area contributed by atoms with Gasteiger partial charge in [0.2, 0.25) is 0 Å². The Morgan fingerprint density at radius 2 is 2.17 bits per heavy atom. The highest BCUT2D eigenvalue weighted by molar-refractivity contribution is 5.76. The van der Waals surface area contributed by atoms with E-state index in [1.165, 1.54) is 0 Å². The molecule has 0 radical (unpaired) electrons. The molecule has 0 saturated carbocycles. The fourth-order valence-electron chi connectivity index (χ4n) is 1.06. The highest BCUT2D eigenvalue weighted by Gasteiger charge is 2.08. The van der Waals surface area contributed by atoms with E-state index in [-0.39, 0.29) is 0 Å². The summed E-state index contributed by atoms with van der Waals surface area (Å²) in [5.41, 5.74) is 1.22. The van der Waals surface area contributed by atoms with Crippen molar-refractivity contribution in [1.29, 1.82) is 0 Å². The lowest BCUT2D eigenvalue weighted by Gasteiger charge is -1.96. The number of aryl methyl sites for hydroxylation is 1. The van der Waals surface area contributed by atoms with E-state index in [1.807, 2.05) is 0 Å². The van der Waals surface area contributed by atoms with Gasteiger partial charge in [0.15, 0.2) is 6.29 Å². The van der Waals surface area contributed by atoms with E-state index in [4.69, 9.17) is 0 Å². The Labute approximate surface area is 71.0 Å². The lowest BCUT2D eigenvalue weighted by molar-refractivity contribution is 0.111. The SMILES string of the molecule is C=Cc1nc(C)c(C=O)n1C=C. The number of carbonyl (C=O) groups is 1. The molecule has 0 unspecified atom stereocenters. The van der Waals surface area contributed by atoms with Crippen molar-refractivity contribution in [3.05, 3.63) is 30.4 Å². The van der Waals surface area contributed by atoms with Gasteiger partial charge in [-0.1, -0.05) is 13.2 Å². The van der Waals surface area contributed by atoms with Crippen molar-refractivity contribution >= 4 is 18.6 Å². The van der Waals surface area contributed by atoms with Crippen LogP contribution in [0.15, 0.2) is 13.2 Å². The summed E-state index contributed by atoms with van der Waals surface area (Å²) in [6.07, 6.45) is 3.89. The minimum absolute atomic E-state index is 0.528. The van der Waals surface area contributed by atoms with Gasteiger partial charge >= 0.3 is 0 Å². The third-order valence-electron chi connectivity index (χ3n) is 1.64. The van der Waals surface area contributed by atoms with Gasteiger partial charge in [0.1, 0.15) is 11.5 Å². The third-order valence-corrected chi connectivity index (χ3v) is 1.64. The zero-order chi connectivity index (χ0) is 9.14. The molecule has 0 atom stereocenters. The second-order valence-electron chi connectivity index (χ2n) is 2.32. The van der Waals surface area contributed by atoms with Gasteiger partial charge in [-0.05, 0) is 13.0 Å². The standard InChI is InChI=1S/C9H10N2O/c1-4-9-10-7(3)8(6-12)11(9)5-2/h4-6H,1-2H2,3H3. The molecule has 1 aromatic heterocycles. The van der Waals surface area contributed by atoms with Gasteiger partial charge < -0.3 is 0 Å².